The average Bonchev–Trinajstić information content (AvgIpc) is 2.89. The van der Waals surface area contributed by atoms with Crippen LogP contribution in [0.3, 0.4) is 0 Å². The lowest BCUT2D eigenvalue weighted by atomic mass is 9.85. The van der Waals surface area contributed by atoms with Crippen LogP contribution in [0.5, 0.6) is 0 Å². The van der Waals surface area contributed by atoms with E-state index in [4.69, 9.17) is 4.98 Å². The maximum absolute atomic E-state index is 4.87. The molecule has 0 unspecified atom stereocenters. The third kappa shape index (κ3) is 2.45. The number of fused-ring (bicyclic) bond motifs is 2. The van der Waals surface area contributed by atoms with Crippen molar-refractivity contribution in [3.63, 3.8) is 0 Å². The van der Waals surface area contributed by atoms with Crippen molar-refractivity contribution in [3.05, 3.63) is 58.9 Å². The zero-order chi connectivity index (χ0) is 17.7. The molecular weight excluding hydrogens is 318 g/mol. The molecular formula is C23H27N3. The molecule has 0 saturated heterocycles. The van der Waals surface area contributed by atoms with E-state index in [-0.39, 0.29) is 0 Å². The third-order valence-electron chi connectivity index (χ3n) is 6.62. The Labute approximate surface area is 155 Å². The fourth-order valence-corrected chi connectivity index (χ4v) is 4.65. The summed E-state index contributed by atoms with van der Waals surface area (Å²) < 4.78 is 2.57. The Hall–Kier alpha value is -2.29. The van der Waals surface area contributed by atoms with Gasteiger partial charge in [-0.3, -0.25) is 0 Å². The number of nitrogens with zero attached hydrogens (tertiary/aromatic N) is 3. The van der Waals surface area contributed by atoms with Crippen molar-refractivity contribution in [1.82, 2.24) is 9.55 Å². The Bertz CT molecular complexity index is 965. The smallest absolute Gasteiger partial charge is 0.153 e. The first kappa shape index (κ1) is 15.9. The first-order valence-electron chi connectivity index (χ1n) is 9.98. The van der Waals surface area contributed by atoms with Gasteiger partial charge in [0.2, 0.25) is 0 Å². The van der Waals surface area contributed by atoms with E-state index in [1.807, 2.05) is 6.20 Å². The van der Waals surface area contributed by atoms with Crippen LogP contribution in [0.4, 0.5) is 5.82 Å². The molecule has 0 radical (unpaired) electrons. The normalized spacial score (nSPS) is 17.4. The van der Waals surface area contributed by atoms with Crippen LogP contribution in [-0.2, 0) is 19.5 Å². The Kier molecular flexibility index (Phi) is 3.77. The van der Waals surface area contributed by atoms with Gasteiger partial charge in [0.05, 0.1) is 5.52 Å². The van der Waals surface area contributed by atoms with Crippen molar-refractivity contribution >= 4 is 16.7 Å². The highest BCUT2D eigenvalue weighted by Gasteiger charge is 2.25. The SMILES string of the molecule is Cc1c(C)n(CC2CCC2)c2c(N3CCc4ccccc4C3)nccc12. The molecule has 3 aromatic rings. The standard InChI is InChI=1S/C23H27N3/c1-16-17(2)26(14-18-6-5-7-18)22-21(16)10-12-24-23(22)25-13-11-19-8-3-4-9-20(19)15-25/h3-4,8-10,12,18H,5-7,11,13-15H2,1-2H3. The molecule has 2 aromatic heterocycles. The number of anilines is 1. The molecule has 1 fully saturated rings. The number of pyridine rings is 1. The molecule has 0 spiro atoms. The van der Waals surface area contributed by atoms with E-state index >= 15 is 0 Å². The highest BCUT2D eigenvalue weighted by Crippen LogP contribution is 2.36. The van der Waals surface area contributed by atoms with Crippen molar-refractivity contribution in [2.75, 3.05) is 11.4 Å². The number of hydrogen-bond donors (Lipinski definition) is 0. The van der Waals surface area contributed by atoms with Crippen molar-refractivity contribution in [1.29, 1.82) is 0 Å². The molecule has 1 saturated carbocycles. The average molecular weight is 345 g/mol. The van der Waals surface area contributed by atoms with Gasteiger partial charge in [-0.25, -0.2) is 4.98 Å². The second kappa shape index (κ2) is 6.15. The molecule has 3 nitrogen and oxygen atoms in total. The maximum Gasteiger partial charge on any atom is 0.153 e. The Morgan fingerprint density at radius 1 is 1.08 bits per heavy atom. The summed E-state index contributed by atoms with van der Waals surface area (Å²) in [5.74, 6) is 2.02. The van der Waals surface area contributed by atoms with Crippen molar-refractivity contribution in [2.24, 2.45) is 5.92 Å². The highest BCUT2D eigenvalue weighted by atomic mass is 15.2. The molecule has 3 heterocycles. The minimum atomic E-state index is 0.846. The summed E-state index contributed by atoms with van der Waals surface area (Å²) in [6.45, 7) is 7.72. The Morgan fingerprint density at radius 2 is 1.88 bits per heavy atom. The minimum Gasteiger partial charge on any atom is -0.350 e. The second-order valence-electron chi connectivity index (χ2n) is 8.09. The van der Waals surface area contributed by atoms with Crippen LogP contribution in [0.25, 0.3) is 10.9 Å². The summed E-state index contributed by atoms with van der Waals surface area (Å²) in [6.07, 6.45) is 7.26. The predicted octanol–water partition coefficient (Wildman–Crippen LogP) is 5.02. The van der Waals surface area contributed by atoms with Gasteiger partial charge < -0.3 is 9.47 Å². The molecule has 134 valence electrons. The van der Waals surface area contributed by atoms with Crippen LogP contribution < -0.4 is 4.90 Å². The van der Waals surface area contributed by atoms with E-state index in [2.05, 4.69) is 53.6 Å². The van der Waals surface area contributed by atoms with Crippen LogP contribution in [0.2, 0.25) is 0 Å². The fourth-order valence-electron chi connectivity index (χ4n) is 4.65. The largest absolute Gasteiger partial charge is 0.350 e. The van der Waals surface area contributed by atoms with Gasteiger partial charge in [-0.1, -0.05) is 30.7 Å². The van der Waals surface area contributed by atoms with E-state index in [0.29, 0.717) is 0 Å². The number of rotatable bonds is 3. The molecule has 0 amide bonds. The van der Waals surface area contributed by atoms with Crippen LogP contribution in [0, 0.1) is 19.8 Å². The molecule has 1 aliphatic carbocycles. The first-order valence-corrected chi connectivity index (χ1v) is 9.98. The molecule has 0 bridgehead atoms. The van der Waals surface area contributed by atoms with Gasteiger partial charge >= 0.3 is 0 Å². The molecule has 5 rings (SSSR count). The van der Waals surface area contributed by atoms with E-state index in [9.17, 15) is 0 Å². The lowest BCUT2D eigenvalue weighted by molar-refractivity contribution is 0.278. The van der Waals surface area contributed by atoms with Gasteiger partial charge in [0.1, 0.15) is 0 Å². The zero-order valence-corrected chi connectivity index (χ0v) is 15.8. The number of aryl methyl sites for hydroxylation is 1. The van der Waals surface area contributed by atoms with Crippen LogP contribution >= 0.6 is 0 Å². The highest BCUT2D eigenvalue weighted by molar-refractivity contribution is 5.93. The summed E-state index contributed by atoms with van der Waals surface area (Å²) in [7, 11) is 0. The predicted molar refractivity (Wildman–Crippen MR) is 108 cm³/mol. The quantitative estimate of drug-likeness (QED) is 0.665. The van der Waals surface area contributed by atoms with Gasteiger partial charge in [0, 0.05) is 36.9 Å². The number of aromatic nitrogens is 2. The molecule has 1 aliphatic heterocycles. The lowest BCUT2D eigenvalue weighted by Gasteiger charge is -2.31. The van der Waals surface area contributed by atoms with Crippen molar-refractivity contribution in [3.8, 4) is 0 Å². The van der Waals surface area contributed by atoms with Gasteiger partial charge in [0.25, 0.3) is 0 Å². The number of benzene rings is 1. The molecule has 2 aliphatic rings. The summed E-state index contributed by atoms with van der Waals surface area (Å²) in [6, 6.07) is 11.1. The van der Waals surface area contributed by atoms with Gasteiger partial charge in [0.15, 0.2) is 5.82 Å². The minimum absolute atomic E-state index is 0.846. The fraction of sp³-hybridized carbons (Fsp3) is 0.435. The third-order valence-corrected chi connectivity index (χ3v) is 6.62. The Morgan fingerprint density at radius 3 is 2.65 bits per heavy atom. The molecule has 26 heavy (non-hydrogen) atoms. The monoisotopic (exact) mass is 345 g/mol. The lowest BCUT2D eigenvalue weighted by Crippen LogP contribution is -2.31. The van der Waals surface area contributed by atoms with Gasteiger partial charge in [-0.15, -0.1) is 0 Å². The molecule has 0 N–H and O–H groups in total. The summed E-state index contributed by atoms with van der Waals surface area (Å²) in [5.41, 5.74) is 7.13. The molecule has 0 atom stereocenters. The van der Waals surface area contributed by atoms with E-state index < -0.39 is 0 Å². The first-order chi connectivity index (χ1) is 12.7. The van der Waals surface area contributed by atoms with Crippen LogP contribution in [-0.4, -0.2) is 16.1 Å². The van der Waals surface area contributed by atoms with E-state index in [1.54, 1.807) is 0 Å². The van der Waals surface area contributed by atoms with Crippen molar-refractivity contribution in [2.45, 2.75) is 52.6 Å². The maximum atomic E-state index is 4.87. The summed E-state index contributed by atoms with van der Waals surface area (Å²) in [4.78, 5) is 7.36. The summed E-state index contributed by atoms with van der Waals surface area (Å²) in [5, 5.41) is 1.38. The molecule has 3 heteroatoms. The topological polar surface area (TPSA) is 21.1 Å². The second-order valence-corrected chi connectivity index (χ2v) is 8.09. The molecule has 1 aromatic carbocycles. The van der Waals surface area contributed by atoms with E-state index in [0.717, 1.165) is 32.0 Å². The van der Waals surface area contributed by atoms with E-state index in [1.165, 1.54) is 58.4 Å². The van der Waals surface area contributed by atoms with Gasteiger partial charge in [-0.05, 0) is 61.8 Å². The summed E-state index contributed by atoms with van der Waals surface area (Å²) >= 11 is 0. The van der Waals surface area contributed by atoms with Crippen LogP contribution in [0.15, 0.2) is 36.5 Å². The number of hydrogen-bond acceptors (Lipinski definition) is 2. The van der Waals surface area contributed by atoms with Crippen molar-refractivity contribution < 1.29 is 0 Å². The van der Waals surface area contributed by atoms with Gasteiger partial charge in [-0.2, -0.15) is 0 Å². The Balaban J connectivity index is 1.60. The van der Waals surface area contributed by atoms with Crippen LogP contribution in [0.1, 0.15) is 41.6 Å². The zero-order valence-electron chi connectivity index (χ0n) is 15.8.